The number of hydrazone groups is 1. The van der Waals surface area contributed by atoms with Crippen LogP contribution in [0.15, 0.2) is 34.8 Å². The highest BCUT2D eigenvalue weighted by Gasteiger charge is 2.55. The van der Waals surface area contributed by atoms with Crippen LogP contribution in [-0.2, 0) is 4.74 Å². The fourth-order valence-corrected chi connectivity index (χ4v) is 3.40. The molecule has 3 N–H and O–H groups in total. The Balaban J connectivity index is 2.18. The Morgan fingerprint density at radius 2 is 2.04 bits per heavy atom. The molecule has 2 aliphatic rings. The quantitative estimate of drug-likeness (QED) is 0.787. The Morgan fingerprint density at radius 1 is 1.33 bits per heavy atom. The third-order valence-electron chi connectivity index (χ3n) is 3.85. The summed E-state index contributed by atoms with van der Waals surface area (Å²) in [4.78, 5) is 0. The minimum atomic E-state index is -4.69. The molecule has 0 radical (unpaired) electrons. The zero-order valence-electron chi connectivity index (χ0n) is 11.7. The lowest BCUT2D eigenvalue weighted by atomic mass is 9.76. The number of hydrogen-bond acceptors (Lipinski definition) is 5. The fourth-order valence-electron chi connectivity index (χ4n) is 2.88. The Hall–Kier alpha value is -2.11. The van der Waals surface area contributed by atoms with Crippen molar-refractivity contribution in [2.24, 2.45) is 16.8 Å². The van der Waals surface area contributed by atoms with Gasteiger partial charge in [0.25, 0.3) is 0 Å². The van der Waals surface area contributed by atoms with Crippen molar-refractivity contribution in [2.45, 2.75) is 18.3 Å². The molecular formula is C14H9Cl2F3N4O. The normalized spacial score (nSPS) is 26.2. The van der Waals surface area contributed by atoms with Crippen molar-refractivity contribution in [1.82, 2.24) is 5.43 Å². The lowest BCUT2D eigenvalue weighted by Gasteiger charge is -2.34. The first-order chi connectivity index (χ1) is 11.2. The van der Waals surface area contributed by atoms with Crippen LogP contribution in [0.4, 0.5) is 13.2 Å². The van der Waals surface area contributed by atoms with Crippen LogP contribution < -0.4 is 11.2 Å². The number of nitrogens with zero attached hydrogens (tertiary/aromatic N) is 2. The number of halogens is 5. The predicted molar refractivity (Wildman–Crippen MR) is 81.0 cm³/mol. The maximum Gasteiger partial charge on any atom is 0.431 e. The summed E-state index contributed by atoms with van der Waals surface area (Å²) in [6.07, 6.45) is -5.84. The second kappa shape index (κ2) is 5.76. The summed E-state index contributed by atoms with van der Waals surface area (Å²) in [5.41, 5.74) is 7.05. The summed E-state index contributed by atoms with van der Waals surface area (Å²) in [7, 11) is 0. The van der Waals surface area contributed by atoms with Gasteiger partial charge in [-0.2, -0.15) is 23.5 Å². The van der Waals surface area contributed by atoms with E-state index in [4.69, 9.17) is 33.7 Å². The number of nitriles is 1. The summed E-state index contributed by atoms with van der Waals surface area (Å²) in [6, 6.07) is 6.15. The molecule has 1 aromatic carbocycles. The summed E-state index contributed by atoms with van der Waals surface area (Å²) in [5.74, 6) is -2.62. The van der Waals surface area contributed by atoms with Gasteiger partial charge in [0.1, 0.15) is 6.07 Å². The van der Waals surface area contributed by atoms with E-state index in [1.807, 2.05) is 6.07 Å². The molecule has 10 heteroatoms. The lowest BCUT2D eigenvalue weighted by molar-refractivity contribution is -0.0661. The second-order valence-corrected chi connectivity index (χ2v) is 6.07. The summed E-state index contributed by atoms with van der Waals surface area (Å²) >= 11 is 12.0. The van der Waals surface area contributed by atoms with Crippen LogP contribution in [0.25, 0.3) is 0 Å². The molecule has 0 unspecified atom stereocenters. The number of ether oxygens (including phenoxy) is 1. The summed E-state index contributed by atoms with van der Waals surface area (Å²) in [6.45, 7) is 0. The van der Waals surface area contributed by atoms with E-state index in [2.05, 4.69) is 10.5 Å². The molecule has 0 aliphatic carbocycles. The number of rotatable bonds is 1. The zero-order chi connectivity index (χ0) is 17.6. The Morgan fingerprint density at radius 3 is 2.62 bits per heavy atom. The van der Waals surface area contributed by atoms with Crippen LogP contribution in [0.5, 0.6) is 0 Å². The van der Waals surface area contributed by atoms with Crippen LogP contribution in [0.1, 0.15) is 11.5 Å². The third kappa shape index (κ3) is 2.64. The summed E-state index contributed by atoms with van der Waals surface area (Å²) < 4.78 is 45.1. The smallest absolute Gasteiger partial charge is 0.431 e. The maximum atomic E-state index is 13.3. The number of benzene rings is 1. The van der Waals surface area contributed by atoms with Gasteiger partial charge in [0.2, 0.25) is 5.88 Å². The van der Waals surface area contributed by atoms with E-state index in [-0.39, 0.29) is 16.5 Å². The molecule has 0 saturated heterocycles. The van der Waals surface area contributed by atoms with Crippen LogP contribution in [-0.4, -0.2) is 18.1 Å². The van der Waals surface area contributed by atoms with E-state index in [1.54, 1.807) is 0 Å². The first-order valence-electron chi connectivity index (χ1n) is 6.65. The molecule has 126 valence electrons. The van der Waals surface area contributed by atoms with Crippen molar-refractivity contribution in [3.63, 3.8) is 0 Å². The number of nitrogens with one attached hydrogen (secondary N) is 1. The molecule has 0 bridgehead atoms. The van der Waals surface area contributed by atoms with Gasteiger partial charge in [-0.15, -0.1) is 0 Å². The van der Waals surface area contributed by atoms with Gasteiger partial charge in [-0.05, 0) is 17.7 Å². The molecule has 2 aliphatic heterocycles. The van der Waals surface area contributed by atoms with Crippen LogP contribution in [0, 0.1) is 17.2 Å². The third-order valence-corrected chi connectivity index (χ3v) is 4.41. The highest BCUT2D eigenvalue weighted by atomic mass is 35.5. The van der Waals surface area contributed by atoms with Crippen LogP contribution >= 0.6 is 23.2 Å². The van der Waals surface area contributed by atoms with E-state index < -0.39 is 30.0 Å². The number of alkyl halides is 3. The number of allylic oxidation sites excluding steroid dienone is 1. The van der Waals surface area contributed by atoms with E-state index in [1.165, 1.54) is 18.2 Å². The van der Waals surface area contributed by atoms with Gasteiger partial charge in [-0.25, -0.2) is 0 Å². The molecular weight excluding hydrogens is 368 g/mol. The Bertz CT molecular complexity index is 800. The van der Waals surface area contributed by atoms with Gasteiger partial charge in [-0.3, -0.25) is 5.43 Å². The molecule has 24 heavy (non-hydrogen) atoms. The first-order valence-corrected chi connectivity index (χ1v) is 7.41. The average Bonchev–Trinajstić information content (AvgIpc) is 2.89. The van der Waals surface area contributed by atoms with Gasteiger partial charge in [-0.1, -0.05) is 29.3 Å². The summed E-state index contributed by atoms with van der Waals surface area (Å²) in [5, 5.41) is 13.1. The van der Waals surface area contributed by atoms with Gasteiger partial charge in [0.05, 0.1) is 11.5 Å². The molecule has 2 heterocycles. The topological polar surface area (TPSA) is 83.4 Å². The molecule has 3 rings (SSSR count). The molecule has 0 fully saturated rings. The standard InChI is InChI=1S/C14H9Cl2F3N4O/c15-5-1-2-6(8(16)3-5)9-7(4-20)12(21)24-13-10(9)11(22-23-13)14(17,18)19/h1-3,9-10,13,23H,21H2/t9-,10-,13-/m0/s1. The number of hydrogen-bond donors (Lipinski definition) is 2. The van der Waals surface area contributed by atoms with Gasteiger partial charge < -0.3 is 10.5 Å². The van der Waals surface area contributed by atoms with Crippen LogP contribution in [0.2, 0.25) is 10.0 Å². The van der Waals surface area contributed by atoms with Crippen molar-refractivity contribution in [1.29, 1.82) is 5.26 Å². The molecule has 3 atom stereocenters. The van der Waals surface area contributed by atoms with E-state index in [9.17, 15) is 18.4 Å². The van der Waals surface area contributed by atoms with E-state index in [0.29, 0.717) is 10.6 Å². The largest absolute Gasteiger partial charge is 0.453 e. The monoisotopic (exact) mass is 376 g/mol. The number of nitrogens with two attached hydrogens (primary N) is 1. The molecule has 1 aromatic rings. The lowest BCUT2D eigenvalue weighted by Crippen LogP contribution is -2.45. The number of fused-ring (bicyclic) bond motifs is 1. The van der Waals surface area contributed by atoms with E-state index >= 15 is 0 Å². The SMILES string of the molecule is N#CC1=C(N)O[C@@H]2NN=C(C(F)(F)F)[C@@H]2[C@H]1c1ccc(Cl)cc1Cl. The highest BCUT2D eigenvalue weighted by Crippen LogP contribution is 2.46. The minimum Gasteiger partial charge on any atom is -0.453 e. The Kier molecular flexibility index (Phi) is 4.01. The Labute approximate surface area is 144 Å². The molecule has 0 spiro atoms. The first kappa shape index (κ1) is 16.7. The van der Waals surface area contributed by atoms with Gasteiger partial charge in [0, 0.05) is 16.0 Å². The second-order valence-electron chi connectivity index (χ2n) is 5.22. The van der Waals surface area contributed by atoms with Crippen molar-refractivity contribution in [3.8, 4) is 6.07 Å². The van der Waals surface area contributed by atoms with Crippen molar-refractivity contribution in [3.05, 3.63) is 45.3 Å². The van der Waals surface area contributed by atoms with Crippen LogP contribution in [0.3, 0.4) is 0 Å². The van der Waals surface area contributed by atoms with Crippen molar-refractivity contribution >= 4 is 28.9 Å². The fraction of sp³-hybridized carbons (Fsp3) is 0.286. The highest BCUT2D eigenvalue weighted by molar-refractivity contribution is 6.35. The van der Waals surface area contributed by atoms with Crippen molar-refractivity contribution in [2.75, 3.05) is 0 Å². The average molecular weight is 377 g/mol. The molecule has 0 aromatic heterocycles. The predicted octanol–water partition coefficient (Wildman–Crippen LogP) is 3.26. The maximum absolute atomic E-state index is 13.3. The van der Waals surface area contributed by atoms with E-state index in [0.717, 1.165) is 0 Å². The molecule has 0 amide bonds. The zero-order valence-corrected chi connectivity index (χ0v) is 13.2. The van der Waals surface area contributed by atoms with Crippen molar-refractivity contribution < 1.29 is 17.9 Å². The minimum absolute atomic E-state index is 0.127. The van der Waals surface area contributed by atoms with Gasteiger partial charge >= 0.3 is 6.18 Å². The molecule has 5 nitrogen and oxygen atoms in total. The molecule has 0 saturated carbocycles. The van der Waals surface area contributed by atoms with Gasteiger partial charge in [0.15, 0.2) is 11.9 Å².